The Morgan fingerprint density at radius 3 is 1.45 bits per heavy atom. The summed E-state index contributed by atoms with van der Waals surface area (Å²) in [5, 5.41) is 4.33. The van der Waals surface area contributed by atoms with Crippen LogP contribution < -0.4 is 15.9 Å². The molecule has 1 heteroatoms. The highest BCUT2D eigenvalue weighted by atomic mass is 31.1. The second kappa shape index (κ2) is 6.46. The molecule has 0 amide bonds. The maximum absolute atomic E-state index is 2.29. The molecule has 0 saturated heterocycles. The normalized spacial score (nSPS) is 10.9. The zero-order valence-electron chi connectivity index (χ0n) is 13.4. The minimum absolute atomic E-state index is 0.500. The molecular formula is C21H21P. The fourth-order valence-electron chi connectivity index (χ4n) is 2.73. The van der Waals surface area contributed by atoms with Crippen LogP contribution in [0.1, 0.15) is 16.7 Å². The lowest BCUT2D eigenvalue weighted by atomic mass is 10.2. The molecule has 0 atom stereocenters. The first-order valence-electron chi connectivity index (χ1n) is 7.65. The maximum atomic E-state index is 2.29. The molecule has 0 nitrogen and oxygen atoms in total. The van der Waals surface area contributed by atoms with Crippen molar-refractivity contribution in [3.8, 4) is 0 Å². The third-order valence-electron chi connectivity index (χ3n) is 4.00. The zero-order chi connectivity index (χ0) is 15.5. The van der Waals surface area contributed by atoms with E-state index in [4.69, 9.17) is 0 Å². The predicted molar refractivity (Wildman–Crippen MR) is 99.4 cm³/mol. The average Bonchev–Trinajstić information content (AvgIpc) is 2.53. The molecule has 0 heterocycles. The van der Waals surface area contributed by atoms with Gasteiger partial charge in [-0.05, 0) is 55.7 Å². The maximum Gasteiger partial charge on any atom is -0.0122 e. The summed E-state index contributed by atoms with van der Waals surface area (Å²) < 4.78 is 0. The van der Waals surface area contributed by atoms with Crippen molar-refractivity contribution in [2.75, 3.05) is 0 Å². The van der Waals surface area contributed by atoms with E-state index in [0.29, 0.717) is 0 Å². The molecule has 3 aromatic carbocycles. The van der Waals surface area contributed by atoms with Crippen LogP contribution in [0.5, 0.6) is 0 Å². The van der Waals surface area contributed by atoms with Crippen LogP contribution in [0.25, 0.3) is 0 Å². The Kier molecular flexibility index (Phi) is 4.41. The smallest absolute Gasteiger partial charge is 0.0122 e. The quantitative estimate of drug-likeness (QED) is 0.630. The largest absolute Gasteiger partial charge is 0.0620 e. The van der Waals surface area contributed by atoms with Crippen LogP contribution in [0.4, 0.5) is 0 Å². The van der Waals surface area contributed by atoms with Crippen molar-refractivity contribution in [2.45, 2.75) is 20.8 Å². The molecule has 0 aromatic heterocycles. The van der Waals surface area contributed by atoms with Crippen LogP contribution in [0.2, 0.25) is 0 Å². The molecule has 110 valence electrons. The minimum Gasteiger partial charge on any atom is -0.0620 e. The lowest BCUT2D eigenvalue weighted by Gasteiger charge is -2.23. The summed E-state index contributed by atoms with van der Waals surface area (Å²) in [5.74, 6) is 0. The van der Waals surface area contributed by atoms with E-state index in [1.54, 1.807) is 0 Å². The highest BCUT2D eigenvalue weighted by Crippen LogP contribution is 2.35. The molecule has 3 aromatic rings. The van der Waals surface area contributed by atoms with Crippen molar-refractivity contribution in [1.82, 2.24) is 0 Å². The van der Waals surface area contributed by atoms with Gasteiger partial charge in [-0.2, -0.15) is 0 Å². The molecule has 0 unspecified atom stereocenters. The Morgan fingerprint density at radius 1 is 0.545 bits per heavy atom. The highest BCUT2D eigenvalue weighted by molar-refractivity contribution is 7.80. The van der Waals surface area contributed by atoms with Gasteiger partial charge in [-0.25, -0.2) is 0 Å². The summed E-state index contributed by atoms with van der Waals surface area (Å²) in [6.45, 7) is 6.59. The standard InChI is InChI=1S/C21H21P/c1-16-12-14-19(15-13-16)22(20-10-6-4-8-17(20)2)21-11-7-5-9-18(21)3/h4-15H,1-3H3. The minimum atomic E-state index is -0.500. The summed E-state index contributed by atoms with van der Waals surface area (Å²) in [5.41, 5.74) is 4.06. The molecule has 0 fully saturated rings. The third kappa shape index (κ3) is 2.98. The van der Waals surface area contributed by atoms with Gasteiger partial charge in [0.05, 0.1) is 0 Å². The van der Waals surface area contributed by atoms with E-state index < -0.39 is 7.92 Å². The van der Waals surface area contributed by atoms with Crippen molar-refractivity contribution < 1.29 is 0 Å². The first-order chi connectivity index (χ1) is 10.7. The van der Waals surface area contributed by atoms with Crippen LogP contribution in [0.15, 0.2) is 72.8 Å². The lowest BCUT2D eigenvalue weighted by molar-refractivity contribution is 1.48. The third-order valence-corrected chi connectivity index (χ3v) is 6.79. The molecule has 0 aliphatic rings. The topological polar surface area (TPSA) is 0 Å². The molecule has 0 saturated carbocycles. The molecule has 0 bridgehead atoms. The van der Waals surface area contributed by atoms with E-state index in [2.05, 4.69) is 93.6 Å². The Morgan fingerprint density at radius 2 is 1.00 bits per heavy atom. The van der Waals surface area contributed by atoms with Crippen molar-refractivity contribution in [1.29, 1.82) is 0 Å². The number of hydrogen-bond acceptors (Lipinski definition) is 0. The SMILES string of the molecule is Cc1ccc(P(c2ccccc2C)c2ccccc2C)cc1. The summed E-state index contributed by atoms with van der Waals surface area (Å²) in [6, 6.07) is 26.6. The van der Waals surface area contributed by atoms with Gasteiger partial charge >= 0.3 is 0 Å². The number of benzene rings is 3. The highest BCUT2D eigenvalue weighted by Gasteiger charge is 2.19. The van der Waals surface area contributed by atoms with Gasteiger partial charge in [0.15, 0.2) is 0 Å². The number of aryl methyl sites for hydroxylation is 3. The summed E-state index contributed by atoms with van der Waals surface area (Å²) in [4.78, 5) is 0. The molecular weight excluding hydrogens is 283 g/mol. The van der Waals surface area contributed by atoms with Crippen molar-refractivity contribution in [3.05, 3.63) is 89.5 Å². The zero-order valence-corrected chi connectivity index (χ0v) is 14.3. The Bertz CT molecular complexity index is 726. The van der Waals surface area contributed by atoms with Crippen LogP contribution >= 0.6 is 7.92 Å². The molecule has 3 rings (SSSR count). The molecule has 0 aliphatic carbocycles. The van der Waals surface area contributed by atoms with Crippen molar-refractivity contribution in [2.24, 2.45) is 0 Å². The lowest BCUT2D eigenvalue weighted by Crippen LogP contribution is -2.23. The number of hydrogen-bond donors (Lipinski definition) is 0. The van der Waals surface area contributed by atoms with Crippen LogP contribution in [0.3, 0.4) is 0 Å². The summed E-state index contributed by atoms with van der Waals surface area (Å²) in [6.07, 6.45) is 0. The molecule has 0 aliphatic heterocycles. The summed E-state index contributed by atoms with van der Waals surface area (Å²) in [7, 11) is -0.500. The van der Waals surface area contributed by atoms with E-state index in [0.717, 1.165) is 0 Å². The van der Waals surface area contributed by atoms with Crippen LogP contribution in [-0.4, -0.2) is 0 Å². The Labute approximate surface area is 134 Å². The monoisotopic (exact) mass is 304 g/mol. The first kappa shape index (κ1) is 15.0. The van der Waals surface area contributed by atoms with Gasteiger partial charge in [0, 0.05) is 0 Å². The Balaban J connectivity index is 2.21. The van der Waals surface area contributed by atoms with E-state index in [-0.39, 0.29) is 0 Å². The van der Waals surface area contributed by atoms with E-state index >= 15 is 0 Å². The van der Waals surface area contributed by atoms with Gasteiger partial charge in [0.2, 0.25) is 0 Å². The number of rotatable bonds is 3. The molecule has 0 radical (unpaired) electrons. The van der Waals surface area contributed by atoms with Gasteiger partial charge in [0.25, 0.3) is 0 Å². The van der Waals surface area contributed by atoms with Gasteiger partial charge in [-0.1, -0.05) is 78.4 Å². The Hall–Kier alpha value is -1.91. The van der Waals surface area contributed by atoms with Crippen molar-refractivity contribution >= 4 is 23.8 Å². The van der Waals surface area contributed by atoms with Crippen LogP contribution in [0, 0.1) is 20.8 Å². The fraction of sp³-hybridized carbons (Fsp3) is 0.143. The van der Waals surface area contributed by atoms with Gasteiger partial charge in [0.1, 0.15) is 0 Å². The van der Waals surface area contributed by atoms with Gasteiger partial charge < -0.3 is 0 Å². The molecule has 0 spiro atoms. The van der Waals surface area contributed by atoms with Gasteiger partial charge in [-0.3, -0.25) is 0 Å². The average molecular weight is 304 g/mol. The fourth-order valence-corrected chi connectivity index (χ4v) is 5.32. The van der Waals surface area contributed by atoms with Crippen molar-refractivity contribution in [3.63, 3.8) is 0 Å². The second-order valence-electron chi connectivity index (χ2n) is 5.74. The first-order valence-corrected chi connectivity index (χ1v) is 8.99. The molecule has 0 N–H and O–H groups in total. The molecule has 22 heavy (non-hydrogen) atoms. The summed E-state index contributed by atoms with van der Waals surface area (Å²) >= 11 is 0. The van der Waals surface area contributed by atoms with E-state index in [1.165, 1.54) is 32.6 Å². The van der Waals surface area contributed by atoms with E-state index in [9.17, 15) is 0 Å². The van der Waals surface area contributed by atoms with Crippen LogP contribution in [-0.2, 0) is 0 Å². The van der Waals surface area contributed by atoms with E-state index in [1.807, 2.05) is 0 Å². The predicted octanol–water partition coefficient (Wildman–Crippen LogP) is 4.37. The second-order valence-corrected chi connectivity index (χ2v) is 7.89. The van der Waals surface area contributed by atoms with Gasteiger partial charge in [-0.15, -0.1) is 0 Å².